The molecule has 1 aliphatic heterocycles. The summed E-state index contributed by atoms with van der Waals surface area (Å²) in [5.41, 5.74) is 0.398. The summed E-state index contributed by atoms with van der Waals surface area (Å²) in [5.74, 6) is 0.476. The Kier molecular flexibility index (Phi) is 6.18. The normalized spacial score (nSPS) is 18.1. The van der Waals surface area contributed by atoms with Crippen LogP contribution in [0, 0.1) is 0 Å². The molecule has 26 heavy (non-hydrogen) atoms. The molecule has 0 amide bonds. The SMILES string of the molecule is CN1CC[C@H](Oc2cc(NS(=O)(=O)c3ccc(Br)c(Br)c3)ccc2Cl)C1. The Morgan fingerprint density at radius 2 is 1.96 bits per heavy atom. The van der Waals surface area contributed by atoms with Gasteiger partial charge in [-0.25, -0.2) is 8.42 Å². The maximum absolute atomic E-state index is 12.6. The van der Waals surface area contributed by atoms with Gasteiger partial charge < -0.3 is 9.64 Å². The molecule has 0 radical (unpaired) electrons. The first-order valence-corrected chi connectivity index (χ1v) is 11.3. The van der Waals surface area contributed by atoms with Crippen molar-refractivity contribution in [2.24, 2.45) is 0 Å². The van der Waals surface area contributed by atoms with Gasteiger partial charge in [-0.15, -0.1) is 0 Å². The molecule has 1 heterocycles. The van der Waals surface area contributed by atoms with Gasteiger partial charge in [0.05, 0.1) is 15.6 Å². The molecule has 0 spiro atoms. The molecule has 0 unspecified atom stereocenters. The second-order valence-corrected chi connectivity index (χ2v) is 9.92. The molecule has 1 aliphatic rings. The van der Waals surface area contributed by atoms with Gasteiger partial charge in [-0.2, -0.15) is 0 Å². The number of nitrogens with zero attached hydrogens (tertiary/aromatic N) is 1. The minimum Gasteiger partial charge on any atom is -0.487 e. The molecule has 0 aliphatic carbocycles. The topological polar surface area (TPSA) is 58.6 Å². The fourth-order valence-corrected chi connectivity index (χ4v) is 4.70. The minimum absolute atomic E-state index is 0.0480. The molecule has 2 aromatic rings. The summed E-state index contributed by atoms with van der Waals surface area (Å²) < 4.78 is 35.2. The second kappa shape index (κ2) is 8.06. The molecular weight excluding hydrogens is 508 g/mol. The lowest BCUT2D eigenvalue weighted by atomic mass is 10.3. The van der Waals surface area contributed by atoms with E-state index in [2.05, 4.69) is 41.5 Å². The highest BCUT2D eigenvalue weighted by Gasteiger charge is 2.22. The van der Waals surface area contributed by atoms with Crippen LogP contribution in [-0.2, 0) is 10.0 Å². The van der Waals surface area contributed by atoms with Crippen LogP contribution in [0.4, 0.5) is 5.69 Å². The summed E-state index contributed by atoms with van der Waals surface area (Å²) in [7, 11) is -1.69. The van der Waals surface area contributed by atoms with Gasteiger partial charge in [0.25, 0.3) is 10.0 Å². The zero-order valence-electron chi connectivity index (χ0n) is 13.9. The van der Waals surface area contributed by atoms with E-state index in [1.807, 2.05) is 7.05 Å². The van der Waals surface area contributed by atoms with Crippen molar-refractivity contribution < 1.29 is 13.2 Å². The first-order chi connectivity index (χ1) is 12.2. The summed E-state index contributed by atoms with van der Waals surface area (Å²) in [4.78, 5) is 2.33. The van der Waals surface area contributed by atoms with E-state index in [4.69, 9.17) is 16.3 Å². The van der Waals surface area contributed by atoms with Crippen LogP contribution >= 0.6 is 43.5 Å². The first-order valence-electron chi connectivity index (χ1n) is 7.87. The number of hydrogen-bond acceptors (Lipinski definition) is 4. The standard InChI is InChI=1S/C17H17Br2ClN2O3S/c1-22-7-6-12(10-22)25-17-8-11(2-5-16(17)20)21-26(23,24)13-3-4-14(18)15(19)9-13/h2-5,8-9,12,21H,6-7,10H2,1H3/t12-/m0/s1. The van der Waals surface area contributed by atoms with E-state index in [1.165, 1.54) is 12.1 Å². The van der Waals surface area contributed by atoms with Crippen molar-refractivity contribution in [1.29, 1.82) is 0 Å². The third kappa shape index (κ3) is 4.72. The highest BCUT2D eigenvalue weighted by atomic mass is 79.9. The lowest BCUT2D eigenvalue weighted by Crippen LogP contribution is -2.21. The Bertz CT molecular complexity index is 924. The Balaban J connectivity index is 1.80. The number of likely N-dealkylation sites (N-methyl/N-ethyl adjacent to an activating group) is 1. The van der Waals surface area contributed by atoms with Crippen LogP contribution < -0.4 is 9.46 Å². The van der Waals surface area contributed by atoms with E-state index >= 15 is 0 Å². The number of nitrogens with one attached hydrogen (secondary N) is 1. The predicted octanol–water partition coefficient (Wildman–Crippen LogP) is 4.75. The summed E-state index contributed by atoms with van der Waals surface area (Å²) in [6, 6.07) is 9.59. The zero-order valence-corrected chi connectivity index (χ0v) is 18.6. The lowest BCUT2D eigenvalue weighted by Gasteiger charge is -2.16. The number of rotatable bonds is 5. The Morgan fingerprint density at radius 3 is 2.62 bits per heavy atom. The lowest BCUT2D eigenvalue weighted by molar-refractivity contribution is 0.208. The van der Waals surface area contributed by atoms with Crippen LogP contribution in [-0.4, -0.2) is 39.6 Å². The van der Waals surface area contributed by atoms with E-state index < -0.39 is 10.0 Å². The van der Waals surface area contributed by atoms with E-state index in [0.717, 1.165) is 24.0 Å². The fraction of sp³-hybridized carbons (Fsp3) is 0.294. The molecular formula is C17H17Br2ClN2O3S. The van der Waals surface area contributed by atoms with Crippen LogP contribution in [0.25, 0.3) is 0 Å². The number of halogens is 3. The average molecular weight is 525 g/mol. The van der Waals surface area contributed by atoms with Crippen molar-refractivity contribution in [3.8, 4) is 5.75 Å². The van der Waals surface area contributed by atoms with Crippen LogP contribution in [0.5, 0.6) is 5.75 Å². The molecule has 1 N–H and O–H groups in total. The van der Waals surface area contributed by atoms with Crippen molar-refractivity contribution in [3.05, 3.63) is 50.4 Å². The number of benzene rings is 2. The van der Waals surface area contributed by atoms with Crippen LogP contribution in [0.2, 0.25) is 5.02 Å². The van der Waals surface area contributed by atoms with Gasteiger partial charge in [-0.3, -0.25) is 4.72 Å². The van der Waals surface area contributed by atoms with E-state index in [-0.39, 0.29) is 11.0 Å². The summed E-state index contributed by atoms with van der Waals surface area (Å²) in [5, 5.41) is 0.453. The number of likely N-dealkylation sites (tertiary alicyclic amines) is 1. The summed E-state index contributed by atoms with van der Waals surface area (Å²) in [6.45, 7) is 1.78. The van der Waals surface area contributed by atoms with Crippen molar-refractivity contribution >= 4 is 59.2 Å². The third-order valence-corrected chi connectivity index (χ3v) is 7.60. The maximum atomic E-state index is 12.6. The Morgan fingerprint density at radius 1 is 1.19 bits per heavy atom. The number of hydrogen-bond donors (Lipinski definition) is 1. The predicted molar refractivity (Wildman–Crippen MR) is 111 cm³/mol. The number of ether oxygens (including phenoxy) is 1. The largest absolute Gasteiger partial charge is 0.487 e. The quantitative estimate of drug-likeness (QED) is 0.614. The second-order valence-electron chi connectivity index (χ2n) is 6.12. The molecule has 3 rings (SSSR count). The maximum Gasteiger partial charge on any atom is 0.261 e. The monoisotopic (exact) mass is 522 g/mol. The minimum atomic E-state index is -3.73. The number of anilines is 1. The molecule has 140 valence electrons. The van der Waals surface area contributed by atoms with Gasteiger partial charge in [0.15, 0.2) is 0 Å². The zero-order chi connectivity index (χ0) is 18.9. The summed E-state index contributed by atoms with van der Waals surface area (Å²) in [6.07, 6.45) is 0.960. The first kappa shape index (κ1) is 19.9. The van der Waals surface area contributed by atoms with Gasteiger partial charge in [0, 0.05) is 28.1 Å². The molecule has 0 bridgehead atoms. The van der Waals surface area contributed by atoms with Gasteiger partial charge >= 0.3 is 0 Å². The van der Waals surface area contributed by atoms with Gasteiger partial charge in [0.1, 0.15) is 11.9 Å². The Hall–Kier alpha value is -0.800. The smallest absolute Gasteiger partial charge is 0.261 e. The summed E-state index contributed by atoms with van der Waals surface area (Å²) >= 11 is 12.9. The molecule has 1 fully saturated rings. The third-order valence-electron chi connectivity index (χ3n) is 4.03. The van der Waals surface area contributed by atoms with E-state index in [1.54, 1.807) is 24.3 Å². The fourth-order valence-electron chi connectivity index (χ4n) is 2.69. The molecule has 0 aromatic heterocycles. The molecule has 9 heteroatoms. The van der Waals surface area contributed by atoms with E-state index in [9.17, 15) is 8.42 Å². The molecule has 2 aromatic carbocycles. The highest BCUT2D eigenvalue weighted by Crippen LogP contribution is 2.32. The van der Waals surface area contributed by atoms with Gasteiger partial charge in [-0.1, -0.05) is 11.6 Å². The van der Waals surface area contributed by atoms with Crippen LogP contribution in [0.1, 0.15) is 6.42 Å². The molecule has 1 saturated heterocycles. The van der Waals surface area contributed by atoms with Crippen molar-refractivity contribution in [1.82, 2.24) is 4.90 Å². The molecule has 1 atom stereocenters. The van der Waals surface area contributed by atoms with Crippen LogP contribution in [0.15, 0.2) is 50.2 Å². The molecule has 5 nitrogen and oxygen atoms in total. The van der Waals surface area contributed by atoms with Crippen molar-refractivity contribution in [2.75, 3.05) is 24.9 Å². The Labute approximate surface area is 175 Å². The highest BCUT2D eigenvalue weighted by molar-refractivity contribution is 9.13. The van der Waals surface area contributed by atoms with Crippen molar-refractivity contribution in [3.63, 3.8) is 0 Å². The molecule has 0 saturated carbocycles. The number of sulfonamides is 1. The van der Waals surface area contributed by atoms with Gasteiger partial charge in [0.2, 0.25) is 0 Å². The van der Waals surface area contributed by atoms with Gasteiger partial charge in [-0.05, 0) is 75.7 Å². The van der Waals surface area contributed by atoms with E-state index in [0.29, 0.717) is 20.9 Å². The average Bonchev–Trinajstić information content (AvgIpc) is 2.98. The van der Waals surface area contributed by atoms with Crippen LogP contribution in [0.3, 0.4) is 0 Å². The van der Waals surface area contributed by atoms with Crippen molar-refractivity contribution in [2.45, 2.75) is 17.4 Å².